The van der Waals surface area contributed by atoms with Crippen molar-refractivity contribution in [2.24, 2.45) is 0 Å². The summed E-state index contributed by atoms with van der Waals surface area (Å²) in [6.07, 6.45) is 0.217. The Labute approximate surface area is 138 Å². The van der Waals surface area contributed by atoms with Crippen molar-refractivity contribution >= 4 is 11.9 Å². The van der Waals surface area contributed by atoms with Gasteiger partial charge in [-0.1, -0.05) is 17.3 Å². The minimum atomic E-state index is -1.08. The fraction of sp³-hybridized carbons (Fsp3) is 0.375. The molecule has 1 amide bonds. The molecule has 24 heavy (non-hydrogen) atoms. The molecule has 1 unspecified atom stereocenters. The molecule has 2 rings (SSSR count). The summed E-state index contributed by atoms with van der Waals surface area (Å²) in [7, 11) is 1.43. The molecule has 1 aromatic heterocycles. The number of carbonyl (C=O) groups is 2. The van der Waals surface area contributed by atoms with E-state index in [0.29, 0.717) is 11.1 Å². The Morgan fingerprint density at radius 1 is 1.42 bits per heavy atom. The highest BCUT2D eigenvalue weighted by atomic mass is 19.1. The molecule has 128 valence electrons. The maximum Gasteiger partial charge on any atom is 0.326 e. The van der Waals surface area contributed by atoms with Gasteiger partial charge in [-0.2, -0.15) is 4.98 Å². The maximum absolute atomic E-state index is 13.6. The van der Waals surface area contributed by atoms with Crippen LogP contribution in [-0.4, -0.2) is 45.1 Å². The van der Waals surface area contributed by atoms with Gasteiger partial charge in [0.2, 0.25) is 17.6 Å². The van der Waals surface area contributed by atoms with Gasteiger partial charge in [0.15, 0.2) is 0 Å². The van der Waals surface area contributed by atoms with Crippen LogP contribution in [0.2, 0.25) is 0 Å². The number of aryl methyl sites for hydroxylation is 2. The zero-order valence-electron chi connectivity index (χ0n) is 13.6. The summed E-state index contributed by atoms with van der Waals surface area (Å²) >= 11 is 0. The van der Waals surface area contributed by atoms with E-state index in [1.54, 1.807) is 19.1 Å². The zero-order valence-corrected chi connectivity index (χ0v) is 13.6. The quantitative estimate of drug-likeness (QED) is 0.868. The fourth-order valence-electron chi connectivity index (χ4n) is 1.98. The van der Waals surface area contributed by atoms with Crippen molar-refractivity contribution in [3.8, 4) is 11.4 Å². The summed E-state index contributed by atoms with van der Waals surface area (Å²) in [4.78, 5) is 28.1. The van der Waals surface area contributed by atoms with Gasteiger partial charge in [-0.05, 0) is 25.5 Å². The van der Waals surface area contributed by atoms with E-state index in [9.17, 15) is 14.0 Å². The van der Waals surface area contributed by atoms with Crippen molar-refractivity contribution in [3.05, 3.63) is 35.5 Å². The third kappa shape index (κ3) is 3.95. The molecule has 8 heteroatoms. The second-order valence-electron chi connectivity index (χ2n) is 5.49. The Kier molecular flexibility index (Phi) is 5.28. The van der Waals surface area contributed by atoms with E-state index in [4.69, 9.17) is 9.63 Å². The molecular formula is C16H18FN3O4. The highest BCUT2D eigenvalue weighted by Crippen LogP contribution is 2.19. The Balaban J connectivity index is 2.00. The van der Waals surface area contributed by atoms with Crippen LogP contribution in [0.15, 0.2) is 22.7 Å². The normalized spacial score (nSPS) is 12.0. The Morgan fingerprint density at radius 2 is 2.12 bits per heavy atom. The number of likely N-dealkylation sites (N-methyl/N-ethyl adjacent to an activating group) is 1. The van der Waals surface area contributed by atoms with Gasteiger partial charge in [0, 0.05) is 25.5 Å². The van der Waals surface area contributed by atoms with Crippen LogP contribution in [0, 0.1) is 12.7 Å². The second-order valence-corrected chi connectivity index (χ2v) is 5.49. The number of hydrogen-bond acceptors (Lipinski definition) is 5. The molecule has 0 aliphatic rings. The van der Waals surface area contributed by atoms with Crippen LogP contribution in [-0.2, 0) is 16.0 Å². The van der Waals surface area contributed by atoms with E-state index in [0.717, 1.165) is 4.90 Å². The van der Waals surface area contributed by atoms with Crippen LogP contribution in [0.1, 0.15) is 24.8 Å². The predicted molar refractivity (Wildman–Crippen MR) is 82.6 cm³/mol. The number of carboxylic acid groups (broad SMARTS) is 1. The lowest BCUT2D eigenvalue weighted by Gasteiger charge is -2.20. The topological polar surface area (TPSA) is 96.5 Å². The zero-order chi connectivity index (χ0) is 17.9. The molecular weight excluding hydrogens is 317 g/mol. The lowest BCUT2D eigenvalue weighted by molar-refractivity contribution is -0.148. The van der Waals surface area contributed by atoms with E-state index in [-0.39, 0.29) is 36.3 Å². The fourth-order valence-corrected chi connectivity index (χ4v) is 1.98. The van der Waals surface area contributed by atoms with Crippen molar-refractivity contribution in [3.63, 3.8) is 0 Å². The molecule has 1 aromatic carbocycles. The summed E-state index contributed by atoms with van der Waals surface area (Å²) in [5.41, 5.74) is 1.000. The van der Waals surface area contributed by atoms with Gasteiger partial charge >= 0.3 is 5.97 Å². The first-order valence-corrected chi connectivity index (χ1v) is 7.37. The number of rotatable bonds is 6. The molecule has 0 bridgehead atoms. The van der Waals surface area contributed by atoms with Gasteiger partial charge in [-0.3, -0.25) is 4.79 Å². The lowest BCUT2D eigenvalue weighted by atomic mass is 10.1. The molecule has 0 spiro atoms. The molecule has 2 aromatic rings. The molecule has 1 N–H and O–H groups in total. The number of halogens is 1. The Bertz CT molecular complexity index is 760. The number of carbonyl (C=O) groups excluding carboxylic acids is 1. The molecule has 0 fully saturated rings. The van der Waals surface area contributed by atoms with Gasteiger partial charge in [0.25, 0.3) is 0 Å². The number of carboxylic acids is 1. The second kappa shape index (κ2) is 7.20. The number of hydrogen-bond donors (Lipinski definition) is 1. The van der Waals surface area contributed by atoms with Crippen LogP contribution in [0.5, 0.6) is 0 Å². The average Bonchev–Trinajstić information content (AvgIpc) is 3.02. The van der Waals surface area contributed by atoms with Gasteiger partial charge in [0.1, 0.15) is 11.9 Å². The summed E-state index contributed by atoms with van der Waals surface area (Å²) < 4.78 is 18.6. The molecule has 0 saturated heterocycles. The first kappa shape index (κ1) is 17.6. The monoisotopic (exact) mass is 335 g/mol. The van der Waals surface area contributed by atoms with Crippen molar-refractivity contribution in [1.82, 2.24) is 15.0 Å². The first-order chi connectivity index (χ1) is 11.3. The van der Waals surface area contributed by atoms with Crippen molar-refractivity contribution in [2.75, 3.05) is 7.05 Å². The minimum Gasteiger partial charge on any atom is -0.480 e. The molecule has 0 aliphatic heterocycles. The summed E-state index contributed by atoms with van der Waals surface area (Å²) in [5.74, 6) is -1.31. The van der Waals surface area contributed by atoms with E-state index in [1.165, 1.54) is 20.0 Å². The summed E-state index contributed by atoms with van der Waals surface area (Å²) in [6.45, 7) is 3.08. The highest BCUT2D eigenvalue weighted by Gasteiger charge is 2.22. The van der Waals surface area contributed by atoms with E-state index in [2.05, 4.69) is 10.1 Å². The number of aromatic nitrogens is 2. The standard InChI is InChI=1S/C16H18FN3O4/c1-9-4-5-11(8-12(9)17)15-18-13(24-19-15)6-7-14(21)20(3)10(2)16(22)23/h4-5,8,10H,6-7H2,1-3H3,(H,22,23). The van der Waals surface area contributed by atoms with Crippen LogP contribution in [0.25, 0.3) is 11.4 Å². The number of nitrogens with zero attached hydrogens (tertiary/aromatic N) is 3. The van der Waals surface area contributed by atoms with E-state index in [1.807, 2.05) is 0 Å². The van der Waals surface area contributed by atoms with Gasteiger partial charge < -0.3 is 14.5 Å². The highest BCUT2D eigenvalue weighted by molar-refractivity contribution is 5.83. The molecule has 0 radical (unpaired) electrons. The van der Waals surface area contributed by atoms with Crippen molar-refractivity contribution < 1.29 is 23.6 Å². The smallest absolute Gasteiger partial charge is 0.326 e. The Morgan fingerprint density at radius 3 is 2.75 bits per heavy atom. The van der Waals surface area contributed by atoms with Gasteiger partial charge in [0.05, 0.1) is 0 Å². The largest absolute Gasteiger partial charge is 0.480 e. The molecule has 7 nitrogen and oxygen atoms in total. The van der Waals surface area contributed by atoms with Gasteiger partial charge in [-0.25, -0.2) is 9.18 Å². The van der Waals surface area contributed by atoms with Crippen LogP contribution in [0.3, 0.4) is 0 Å². The Hall–Kier alpha value is -2.77. The summed E-state index contributed by atoms with van der Waals surface area (Å²) in [6, 6.07) is 3.70. The molecule has 0 saturated carbocycles. The van der Waals surface area contributed by atoms with E-state index >= 15 is 0 Å². The molecule has 1 heterocycles. The van der Waals surface area contributed by atoms with Crippen LogP contribution in [0.4, 0.5) is 4.39 Å². The number of aliphatic carboxylic acids is 1. The minimum absolute atomic E-state index is 0.0397. The number of amides is 1. The van der Waals surface area contributed by atoms with Gasteiger partial charge in [-0.15, -0.1) is 0 Å². The summed E-state index contributed by atoms with van der Waals surface area (Å²) in [5, 5.41) is 12.7. The van der Waals surface area contributed by atoms with Crippen molar-refractivity contribution in [1.29, 1.82) is 0 Å². The number of benzene rings is 1. The molecule has 1 atom stereocenters. The van der Waals surface area contributed by atoms with Crippen LogP contribution < -0.4 is 0 Å². The SMILES string of the molecule is Cc1ccc(-c2noc(CCC(=O)N(C)C(C)C(=O)O)n2)cc1F. The maximum atomic E-state index is 13.6. The third-order valence-electron chi connectivity index (χ3n) is 3.78. The molecule has 0 aliphatic carbocycles. The van der Waals surface area contributed by atoms with Crippen molar-refractivity contribution in [2.45, 2.75) is 32.7 Å². The predicted octanol–water partition coefficient (Wildman–Crippen LogP) is 2.05. The average molecular weight is 335 g/mol. The first-order valence-electron chi connectivity index (χ1n) is 7.37. The van der Waals surface area contributed by atoms with E-state index < -0.39 is 12.0 Å². The lowest BCUT2D eigenvalue weighted by Crippen LogP contribution is -2.40. The van der Waals surface area contributed by atoms with Crippen LogP contribution >= 0.6 is 0 Å². The third-order valence-corrected chi connectivity index (χ3v) is 3.78.